The van der Waals surface area contributed by atoms with E-state index in [2.05, 4.69) is 31.2 Å². The zero-order chi connectivity index (χ0) is 13.9. The third-order valence-electron chi connectivity index (χ3n) is 4.41. The highest BCUT2D eigenvalue weighted by molar-refractivity contribution is 5.43. The van der Waals surface area contributed by atoms with E-state index in [4.69, 9.17) is 10.8 Å². The Hall–Kier alpha value is -1.77. The van der Waals surface area contributed by atoms with Gasteiger partial charge in [-0.05, 0) is 30.9 Å². The van der Waals surface area contributed by atoms with Crippen molar-refractivity contribution in [2.75, 3.05) is 5.73 Å². The number of aromatic nitrogens is 2. The van der Waals surface area contributed by atoms with E-state index in [1.54, 1.807) is 0 Å². The molecule has 0 saturated heterocycles. The second-order valence-corrected chi connectivity index (χ2v) is 5.93. The summed E-state index contributed by atoms with van der Waals surface area (Å²) >= 11 is 0. The molecule has 1 aliphatic carbocycles. The molecule has 1 aromatic carbocycles. The van der Waals surface area contributed by atoms with Crippen molar-refractivity contribution >= 4 is 5.69 Å². The molecule has 2 N–H and O–H groups in total. The molecule has 1 heterocycles. The number of benzene rings is 1. The Balaban J connectivity index is 1.80. The first-order valence-electron chi connectivity index (χ1n) is 7.61. The van der Waals surface area contributed by atoms with Gasteiger partial charge in [-0.1, -0.05) is 43.5 Å². The van der Waals surface area contributed by atoms with E-state index >= 15 is 0 Å². The van der Waals surface area contributed by atoms with Gasteiger partial charge >= 0.3 is 0 Å². The summed E-state index contributed by atoms with van der Waals surface area (Å²) in [5, 5.41) is 4.76. The lowest BCUT2D eigenvalue weighted by atomic mass is 9.86. The smallest absolute Gasteiger partial charge is 0.0884 e. The highest BCUT2D eigenvalue weighted by Gasteiger charge is 2.20. The number of hydrogen-bond donors (Lipinski definition) is 1. The van der Waals surface area contributed by atoms with Crippen molar-refractivity contribution in [1.82, 2.24) is 9.78 Å². The van der Waals surface area contributed by atoms with Gasteiger partial charge in [-0.3, -0.25) is 4.68 Å². The van der Waals surface area contributed by atoms with E-state index in [0.717, 1.165) is 17.9 Å². The Morgan fingerprint density at radius 2 is 1.95 bits per heavy atom. The van der Waals surface area contributed by atoms with Crippen LogP contribution >= 0.6 is 0 Å². The first-order chi connectivity index (χ1) is 9.74. The largest absolute Gasteiger partial charge is 0.396 e. The molecular formula is C17H23N3. The molecule has 1 aliphatic rings. The van der Waals surface area contributed by atoms with Gasteiger partial charge in [0.1, 0.15) is 0 Å². The third-order valence-corrected chi connectivity index (χ3v) is 4.41. The van der Waals surface area contributed by atoms with Gasteiger partial charge in [0.15, 0.2) is 0 Å². The molecule has 0 aliphatic heterocycles. The van der Waals surface area contributed by atoms with Crippen LogP contribution < -0.4 is 5.73 Å². The molecule has 0 radical (unpaired) electrons. The zero-order valence-electron chi connectivity index (χ0n) is 12.2. The lowest BCUT2D eigenvalue weighted by Crippen LogP contribution is -2.08. The monoisotopic (exact) mass is 269 g/mol. The summed E-state index contributed by atoms with van der Waals surface area (Å²) in [6, 6.07) is 8.46. The summed E-state index contributed by atoms with van der Waals surface area (Å²) in [4.78, 5) is 0. The number of nitrogen functional groups attached to an aromatic ring is 1. The fourth-order valence-electron chi connectivity index (χ4n) is 3.19. The van der Waals surface area contributed by atoms with Gasteiger partial charge in [0.2, 0.25) is 0 Å². The lowest BCUT2D eigenvalue weighted by Gasteiger charge is -2.20. The van der Waals surface area contributed by atoms with E-state index in [-0.39, 0.29) is 0 Å². The van der Waals surface area contributed by atoms with E-state index < -0.39 is 0 Å². The molecule has 3 nitrogen and oxygen atoms in total. The summed E-state index contributed by atoms with van der Waals surface area (Å²) in [5.74, 6) is 0.571. The third kappa shape index (κ3) is 2.72. The van der Waals surface area contributed by atoms with Gasteiger partial charge in [0.25, 0.3) is 0 Å². The number of aryl methyl sites for hydroxylation is 1. The Bertz CT molecular complexity index is 580. The second kappa shape index (κ2) is 5.70. The first-order valence-corrected chi connectivity index (χ1v) is 7.61. The molecule has 0 bridgehead atoms. The van der Waals surface area contributed by atoms with Gasteiger partial charge in [0.05, 0.1) is 17.9 Å². The van der Waals surface area contributed by atoms with Gasteiger partial charge in [-0.25, -0.2) is 0 Å². The van der Waals surface area contributed by atoms with Crippen LogP contribution in [0.25, 0.3) is 0 Å². The van der Waals surface area contributed by atoms with Crippen LogP contribution in [0, 0.1) is 6.92 Å². The molecule has 0 spiro atoms. The van der Waals surface area contributed by atoms with Crippen LogP contribution in [-0.2, 0) is 6.54 Å². The molecule has 20 heavy (non-hydrogen) atoms. The molecule has 3 rings (SSSR count). The zero-order valence-corrected chi connectivity index (χ0v) is 12.2. The molecule has 1 aromatic heterocycles. The molecule has 1 saturated carbocycles. The minimum absolute atomic E-state index is 0.571. The SMILES string of the molecule is Cc1ccccc1Cn1cc(N)c(C2CCCCC2)n1. The van der Waals surface area contributed by atoms with Crippen LogP contribution in [0.3, 0.4) is 0 Å². The van der Waals surface area contributed by atoms with Crippen LogP contribution in [0.1, 0.15) is 54.8 Å². The van der Waals surface area contributed by atoms with Crippen molar-refractivity contribution in [3.05, 3.63) is 47.3 Å². The van der Waals surface area contributed by atoms with E-state index in [1.807, 2.05) is 10.9 Å². The molecule has 2 aromatic rings. The standard InChI is InChI=1S/C17H23N3/c1-13-7-5-6-10-15(13)11-20-12-16(18)17(19-20)14-8-3-2-4-9-14/h5-7,10,12,14H,2-4,8-9,11,18H2,1H3. The Labute approximate surface area is 120 Å². The highest BCUT2D eigenvalue weighted by atomic mass is 15.3. The predicted molar refractivity (Wildman–Crippen MR) is 82.7 cm³/mol. The summed E-state index contributed by atoms with van der Waals surface area (Å²) in [7, 11) is 0. The Morgan fingerprint density at radius 1 is 1.20 bits per heavy atom. The van der Waals surface area contributed by atoms with Crippen molar-refractivity contribution in [2.24, 2.45) is 0 Å². The summed E-state index contributed by atoms with van der Waals surface area (Å²) in [6.45, 7) is 2.95. The second-order valence-electron chi connectivity index (χ2n) is 5.93. The van der Waals surface area contributed by atoms with Gasteiger partial charge in [0, 0.05) is 12.1 Å². The molecule has 0 atom stereocenters. The van der Waals surface area contributed by atoms with Gasteiger partial charge in [-0.2, -0.15) is 5.10 Å². The Kier molecular flexibility index (Phi) is 3.77. The summed E-state index contributed by atoms with van der Waals surface area (Å²) in [6.07, 6.45) is 8.47. The Morgan fingerprint density at radius 3 is 2.70 bits per heavy atom. The molecule has 0 unspecified atom stereocenters. The maximum absolute atomic E-state index is 6.18. The topological polar surface area (TPSA) is 43.8 Å². The fraction of sp³-hybridized carbons (Fsp3) is 0.471. The van der Waals surface area contributed by atoms with E-state index in [1.165, 1.54) is 43.2 Å². The minimum atomic E-state index is 0.571. The number of nitrogens with two attached hydrogens (primary N) is 1. The number of rotatable bonds is 3. The molecule has 1 fully saturated rings. The average Bonchev–Trinajstić information content (AvgIpc) is 2.83. The van der Waals surface area contributed by atoms with Crippen LogP contribution in [0.4, 0.5) is 5.69 Å². The normalized spacial score (nSPS) is 16.4. The maximum Gasteiger partial charge on any atom is 0.0884 e. The van der Waals surface area contributed by atoms with Crippen LogP contribution in [0.15, 0.2) is 30.5 Å². The molecule has 3 heteroatoms. The van der Waals surface area contributed by atoms with Crippen LogP contribution in [0.5, 0.6) is 0 Å². The van der Waals surface area contributed by atoms with Gasteiger partial charge in [-0.15, -0.1) is 0 Å². The summed E-state index contributed by atoms with van der Waals surface area (Å²) < 4.78 is 2.00. The first kappa shape index (κ1) is 13.2. The number of nitrogens with zero attached hydrogens (tertiary/aromatic N) is 2. The minimum Gasteiger partial charge on any atom is -0.396 e. The molecule has 0 amide bonds. The average molecular weight is 269 g/mol. The number of anilines is 1. The van der Waals surface area contributed by atoms with Crippen molar-refractivity contribution in [3.63, 3.8) is 0 Å². The predicted octanol–water partition coefficient (Wildman–Crippen LogP) is 3.87. The maximum atomic E-state index is 6.18. The van der Waals surface area contributed by atoms with Gasteiger partial charge < -0.3 is 5.73 Å². The van der Waals surface area contributed by atoms with E-state index in [9.17, 15) is 0 Å². The highest BCUT2D eigenvalue weighted by Crippen LogP contribution is 2.34. The lowest BCUT2D eigenvalue weighted by molar-refractivity contribution is 0.433. The quantitative estimate of drug-likeness (QED) is 0.919. The molecule has 106 valence electrons. The van der Waals surface area contributed by atoms with Crippen molar-refractivity contribution in [1.29, 1.82) is 0 Å². The summed E-state index contributed by atoms with van der Waals surface area (Å²) in [5.41, 5.74) is 10.8. The number of hydrogen-bond acceptors (Lipinski definition) is 2. The van der Waals surface area contributed by atoms with Crippen molar-refractivity contribution in [3.8, 4) is 0 Å². The van der Waals surface area contributed by atoms with Crippen molar-refractivity contribution in [2.45, 2.75) is 51.5 Å². The van der Waals surface area contributed by atoms with Crippen LogP contribution in [-0.4, -0.2) is 9.78 Å². The van der Waals surface area contributed by atoms with E-state index in [0.29, 0.717) is 5.92 Å². The fourth-order valence-corrected chi connectivity index (χ4v) is 3.19. The van der Waals surface area contributed by atoms with Crippen LogP contribution in [0.2, 0.25) is 0 Å². The van der Waals surface area contributed by atoms with Crippen molar-refractivity contribution < 1.29 is 0 Å². The molecular weight excluding hydrogens is 246 g/mol.